The molecular weight excluding hydrogens is 559 g/mol. The van der Waals surface area contributed by atoms with Crippen molar-refractivity contribution in [3.63, 3.8) is 0 Å². The largest absolute Gasteiger partial charge is 0.480 e. The Labute approximate surface area is 226 Å². The van der Waals surface area contributed by atoms with Gasteiger partial charge in [-0.3, -0.25) is 14.3 Å². The first-order valence-corrected chi connectivity index (χ1v) is 14.3. The molecule has 0 aliphatic carbocycles. The maximum Gasteiger partial charge on any atom is 0.349 e. The highest BCUT2D eigenvalue weighted by Crippen LogP contribution is 3.02. The van der Waals surface area contributed by atoms with E-state index in [9.17, 15) is 39.4 Å². The van der Waals surface area contributed by atoms with Crippen LogP contribution in [-0.4, -0.2) is 55.7 Å². The zero-order valence-corrected chi connectivity index (χ0v) is 22.6. The van der Waals surface area contributed by atoms with Gasteiger partial charge < -0.3 is 10.0 Å². The number of carboxylic acids is 1. The lowest BCUT2D eigenvalue weighted by molar-refractivity contribution is -0.145. The number of rotatable bonds is 7. The number of carboxylic acid groups (broad SMARTS) is 1. The number of fused-ring (bicyclic) bond motifs is 1. The Morgan fingerprint density at radius 1 is 1.05 bits per heavy atom. The molecule has 1 aliphatic rings. The van der Waals surface area contributed by atoms with E-state index in [0.29, 0.717) is 23.9 Å². The van der Waals surface area contributed by atoms with Gasteiger partial charge in [-0.2, -0.15) is 10.2 Å². The van der Waals surface area contributed by atoms with Crippen molar-refractivity contribution in [1.29, 1.82) is 5.26 Å². The summed E-state index contributed by atoms with van der Waals surface area (Å²) in [6.45, 7) is 3.96. The molecule has 1 aliphatic heterocycles. The summed E-state index contributed by atoms with van der Waals surface area (Å²) in [5.41, 5.74) is 0.272. The minimum absolute atomic E-state index is 0.0719. The van der Waals surface area contributed by atoms with Crippen LogP contribution in [0.25, 0.3) is 11.0 Å². The molecule has 2 aromatic heterocycles. The van der Waals surface area contributed by atoms with E-state index in [1.807, 2.05) is 17.9 Å². The number of halogens is 5. The number of pyridine rings is 1. The average Bonchev–Trinajstić information content (AvgIpc) is 2.89. The second-order valence-corrected chi connectivity index (χ2v) is 12.1. The zero-order valence-electron chi connectivity index (χ0n) is 21.8. The Morgan fingerprint density at radius 2 is 1.68 bits per heavy atom. The third-order valence-electron chi connectivity index (χ3n) is 7.21. The summed E-state index contributed by atoms with van der Waals surface area (Å²) in [7, 11) is -8.40. The highest BCUT2D eigenvalue weighted by Gasteiger charge is 2.65. The molecule has 0 radical (unpaired) electrons. The van der Waals surface area contributed by atoms with Crippen molar-refractivity contribution in [1.82, 2.24) is 19.4 Å². The van der Waals surface area contributed by atoms with Crippen LogP contribution in [0, 0.1) is 11.3 Å². The van der Waals surface area contributed by atoms with Crippen molar-refractivity contribution in [3.8, 4) is 6.07 Å². The molecule has 15 heteroatoms. The van der Waals surface area contributed by atoms with Crippen LogP contribution in [0.4, 0.5) is 25.2 Å². The van der Waals surface area contributed by atoms with E-state index < -0.39 is 44.9 Å². The fraction of sp³-hybridized carbons (Fsp3) is 0.400. The van der Waals surface area contributed by atoms with E-state index >= 15 is 0 Å². The fourth-order valence-corrected chi connectivity index (χ4v) is 5.77. The molecule has 0 spiro atoms. The predicted octanol–water partition coefficient (Wildman–Crippen LogP) is 5.36. The van der Waals surface area contributed by atoms with E-state index in [-0.39, 0.29) is 42.3 Å². The summed E-state index contributed by atoms with van der Waals surface area (Å²) in [5.74, 6) is -1.11. The molecule has 40 heavy (non-hydrogen) atoms. The minimum Gasteiger partial charge on any atom is -0.480 e. The zero-order chi connectivity index (χ0) is 29.7. The van der Waals surface area contributed by atoms with E-state index in [2.05, 4.69) is 9.97 Å². The lowest BCUT2D eigenvalue weighted by Crippen LogP contribution is -2.60. The summed E-state index contributed by atoms with van der Waals surface area (Å²) in [5, 5.41) is 19.5. The molecule has 3 heterocycles. The van der Waals surface area contributed by atoms with Gasteiger partial charge in [0.25, 0.3) is 0 Å². The number of nitrogens with zero attached hydrogens (tertiary/aromatic N) is 6. The molecule has 1 unspecified atom stereocenters. The molecule has 0 saturated carbocycles. The first-order valence-electron chi connectivity index (χ1n) is 12.4. The number of carbonyl (C=O) groups is 1. The average molecular weight is 587 g/mol. The van der Waals surface area contributed by atoms with Crippen molar-refractivity contribution >= 4 is 33.0 Å². The van der Waals surface area contributed by atoms with Crippen LogP contribution in [0.1, 0.15) is 44.0 Å². The predicted molar refractivity (Wildman–Crippen MR) is 140 cm³/mol. The number of hydrogen-bond acceptors (Lipinski definition) is 7. The van der Waals surface area contributed by atoms with Crippen molar-refractivity contribution in [2.75, 3.05) is 18.0 Å². The van der Waals surface area contributed by atoms with Gasteiger partial charge in [-0.1, -0.05) is 45.4 Å². The summed E-state index contributed by atoms with van der Waals surface area (Å²) in [6, 6.07) is 4.74. The molecule has 0 bridgehead atoms. The van der Waals surface area contributed by atoms with Crippen LogP contribution in [0.15, 0.2) is 46.1 Å². The van der Waals surface area contributed by atoms with Crippen LogP contribution in [0.2, 0.25) is 0 Å². The Balaban J connectivity index is 1.77. The molecule has 1 aromatic carbocycles. The lowest BCUT2D eigenvalue weighted by Gasteiger charge is -2.48. The van der Waals surface area contributed by atoms with Crippen LogP contribution in [-0.2, 0) is 11.8 Å². The van der Waals surface area contributed by atoms with Gasteiger partial charge in [-0.15, -0.1) is 0 Å². The monoisotopic (exact) mass is 586 g/mol. The van der Waals surface area contributed by atoms with Gasteiger partial charge in [0.2, 0.25) is 0 Å². The summed E-state index contributed by atoms with van der Waals surface area (Å²) >= 11 is 0. The van der Waals surface area contributed by atoms with Gasteiger partial charge in [0.1, 0.15) is 28.2 Å². The van der Waals surface area contributed by atoms with Crippen molar-refractivity contribution in [2.45, 2.75) is 49.7 Å². The van der Waals surface area contributed by atoms with Crippen molar-refractivity contribution in [2.24, 2.45) is 7.05 Å². The first kappa shape index (κ1) is 29.2. The number of piperazine rings is 1. The number of anilines is 1. The topological polar surface area (TPSA) is 115 Å². The van der Waals surface area contributed by atoms with Gasteiger partial charge in [0.15, 0.2) is 5.82 Å². The van der Waals surface area contributed by atoms with Gasteiger partial charge in [-0.05, 0) is 42.7 Å². The Kier molecular flexibility index (Phi) is 6.87. The van der Waals surface area contributed by atoms with Crippen LogP contribution in [0.5, 0.6) is 0 Å². The Hall–Kier alpha value is -3.77. The number of aromatic nitrogens is 3. The molecule has 3 atom stereocenters. The Morgan fingerprint density at radius 3 is 2.20 bits per heavy atom. The number of aryl methyl sites for hydroxylation is 1. The normalized spacial score (nSPS) is 20.9. The van der Waals surface area contributed by atoms with Gasteiger partial charge >= 0.3 is 21.9 Å². The van der Waals surface area contributed by atoms with Crippen molar-refractivity contribution < 1.29 is 29.3 Å². The van der Waals surface area contributed by atoms with Gasteiger partial charge in [0.05, 0.1) is 5.52 Å². The third kappa shape index (κ3) is 5.46. The summed E-state index contributed by atoms with van der Waals surface area (Å²) < 4.78 is 67.5. The maximum atomic E-state index is 13.2. The standard InChI is InChI=1S/C25H27F5N6O3S/c1-4-17-14-36(23-21-20(34(3)25(39)33-23)11-8-16(12-31)32-21)18(5-2)13-35(17)22(24(37)38)15-6-9-19(10-7-15)40(26,27,28,29)30/h6-11,17-18,22H,4-5,13-14H2,1-3H3,(H,37,38)/t17-,18+,22?/m1/s1. The van der Waals surface area contributed by atoms with Crippen LogP contribution >= 0.6 is 10.2 Å². The molecule has 4 rings (SSSR count). The Bertz CT molecular complexity index is 1570. The first-order chi connectivity index (χ1) is 18.5. The highest BCUT2D eigenvalue weighted by atomic mass is 32.5. The minimum atomic E-state index is -9.92. The SMILES string of the molecule is CC[C@H]1CN(C(C(=O)O)c2ccc(S(F)(F)(F)(F)F)cc2)[C@H](CC)CN1c1nc(=O)n(C)c2ccc(C#N)nc12. The maximum absolute atomic E-state index is 13.2. The molecular formula is C25H27F5N6O3S. The van der Waals surface area contributed by atoms with Gasteiger partial charge in [0, 0.05) is 32.2 Å². The lowest BCUT2D eigenvalue weighted by atomic mass is 9.96. The quantitative estimate of drug-likeness (QED) is 0.368. The number of hydrogen-bond donors (Lipinski definition) is 1. The molecule has 0 amide bonds. The second kappa shape index (κ2) is 9.41. The van der Waals surface area contributed by atoms with Crippen molar-refractivity contribution in [3.05, 3.63) is 58.1 Å². The fourth-order valence-electron chi connectivity index (χ4n) is 5.12. The highest BCUT2D eigenvalue weighted by molar-refractivity contribution is 8.45. The van der Waals surface area contributed by atoms with Crippen LogP contribution < -0.4 is 10.6 Å². The van der Waals surface area contributed by atoms with E-state index in [0.717, 1.165) is 12.1 Å². The molecule has 1 N–H and O–H groups in total. The number of aliphatic carboxylic acids is 1. The summed E-state index contributed by atoms with van der Waals surface area (Å²) in [4.78, 5) is 35.1. The van der Waals surface area contributed by atoms with E-state index in [4.69, 9.17) is 0 Å². The smallest absolute Gasteiger partial charge is 0.349 e. The molecule has 1 fully saturated rings. The second-order valence-electron chi connectivity index (χ2n) is 9.71. The van der Waals surface area contributed by atoms with Crippen LogP contribution in [0.3, 0.4) is 0 Å². The van der Waals surface area contributed by atoms with E-state index in [1.165, 1.54) is 17.7 Å². The summed E-state index contributed by atoms with van der Waals surface area (Å²) in [6.07, 6.45) is 0.888. The molecule has 3 aromatic rings. The number of nitriles is 1. The van der Waals surface area contributed by atoms with E-state index in [1.54, 1.807) is 17.9 Å². The van der Waals surface area contributed by atoms with Gasteiger partial charge in [-0.25, -0.2) is 9.78 Å². The molecule has 216 valence electrons. The number of benzene rings is 1. The molecule has 9 nitrogen and oxygen atoms in total. The third-order valence-corrected chi connectivity index (χ3v) is 8.37. The molecule has 1 saturated heterocycles.